The van der Waals surface area contributed by atoms with Gasteiger partial charge in [-0.25, -0.2) is 0 Å². The first-order valence-electron chi connectivity index (χ1n) is 1.48. The maximum Gasteiger partial charge on any atom is 0.106 e. The molecule has 0 aliphatic rings. The van der Waals surface area contributed by atoms with Crippen molar-refractivity contribution < 1.29 is 9.53 Å². The van der Waals surface area contributed by atoms with Crippen molar-refractivity contribution in [2.75, 3.05) is 19.2 Å². The topological polar surface area (TPSA) is 26.3 Å². The van der Waals surface area contributed by atoms with Gasteiger partial charge >= 0.3 is 0 Å². The maximum absolute atomic E-state index is 8.00. The molecule has 3 heteroatoms. The standard InChI is InChI=1S/C2H6O.CH3I.CH2O/c1-3-2;2*1-2/h1-2H3;1H3;1H2/i3*1-1. The van der Waals surface area contributed by atoms with Crippen LogP contribution in [0.5, 0.6) is 0 Å². The molecule has 46 valence electrons. The Balaban J connectivity index is -0.0000000360. The van der Waals surface area contributed by atoms with Crippen molar-refractivity contribution in [2.24, 2.45) is 0 Å². The van der Waals surface area contributed by atoms with Gasteiger partial charge in [0.05, 0.1) is 0 Å². The average Bonchev–Trinajstić information content (AvgIpc) is 1.78. The fraction of sp³-hybridized carbons (Fsp3) is 0.750. The molecule has 0 aliphatic heterocycles. The lowest BCUT2D eigenvalue weighted by Crippen LogP contribution is -1.55. The van der Waals surface area contributed by atoms with Gasteiger partial charge in [0.1, 0.15) is 6.79 Å². The minimum atomic E-state index is 1.62. The van der Waals surface area contributed by atoms with Crippen LogP contribution in [-0.2, 0) is 9.53 Å². The summed E-state index contributed by atoms with van der Waals surface area (Å²) in [6.45, 7) is 2.00. The molecule has 0 saturated heterocycles. The zero-order chi connectivity index (χ0) is 6.71. The van der Waals surface area contributed by atoms with Crippen molar-refractivity contribution in [3.63, 3.8) is 0 Å². The molecule has 0 heterocycles. The molecule has 0 spiro atoms. The summed E-state index contributed by atoms with van der Waals surface area (Å²) in [6.07, 6.45) is 0. The van der Waals surface area contributed by atoms with Crippen LogP contribution in [0, 0.1) is 0 Å². The summed E-state index contributed by atoms with van der Waals surface area (Å²) in [5.41, 5.74) is 0. The van der Waals surface area contributed by atoms with Crippen molar-refractivity contribution in [2.45, 2.75) is 0 Å². The molecule has 0 unspecified atom stereocenters. The van der Waals surface area contributed by atoms with Gasteiger partial charge < -0.3 is 9.53 Å². The van der Waals surface area contributed by atoms with E-state index in [1.54, 1.807) is 14.2 Å². The summed E-state index contributed by atoms with van der Waals surface area (Å²) < 4.78 is 4.25. The summed E-state index contributed by atoms with van der Waals surface area (Å²) >= 11 is 2.15. The van der Waals surface area contributed by atoms with Crippen LogP contribution in [0.3, 0.4) is 0 Å². The Labute approximate surface area is 58.4 Å². The zero-order valence-electron chi connectivity index (χ0n) is 4.90. The van der Waals surface area contributed by atoms with Gasteiger partial charge in [-0.05, 0) is 4.93 Å². The SMILES string of the molecule is CO[11CH3].[11CH2]=O.[11CH3]I. The minimum Gasteiger partial charge on any atom is -0.388 e. The van der Waals surface area contributed by atoms with Crippen molar-refractivity contribution in [3.8, 4) is 0 Å². The second kappa shape index (κ2) is 98.8. The molecule has 2 nitrogen and oxygen atoms in total. The van der Waals surface area contributed by atoms with E-state index >= 15 is 0 Å². The maximum atomic E-state index is 8.00. The van der Waals surface area contributed by atoms with Crippen LogP contribution in [0.4, 0.5) is 0 Å². The van der Waals surface area contributed by atoms with Gasteiger partial charge in [-0.2, -0.15) is 0 Å². The normalized spacial score (nSPS) is 4.00. The lowest BCUT2D eigenvalue weighted by Gasteiger charge is -1.61. The quantitative estimate of drug-likeness (QED) is 0.447. The minimum absolute atomic E-state index is 1.62. The molecular formula is C4H11IO2. The smallest absolute Gasteiger partial charge is 0.106 e. The van der Waals surface area contributed by atoms with Gasteiger partial charge in [0.25, 0.3) is 0 Å². The average molecular weight is 215 g/mol. The van der Waals surface area contributed by atoms with Crippen LogP contribution in [0.25, 0.3) is 0 Å². The van der Waals surface area contributed by atoms with Crippen LogP contribution in [-0.4, -0.2) is 25.9 Å². The van der Waals surface area contributed by atoms with Crippen LogP contribution in [0.15, 0.2) is 0 Å². The Hall–Kier alpha value is 0.360. The molecule has 7 heavy (non-hydrogen) atoms. The van der Waals surface area contributed by atoms with E-state index in [-0.39, 0.29) is 0 Å². The molecule has 0 radical (unpaired) electrons. The molecule has 0 aromatic heterocycles. The summed E-state index contributed by atoms with van der Waals surface area (Å²) in [5, 5.41) is 0. The third-order valence-electron chi connectivity index (χ3n) is 0. The van der Waals surface area contributed by atoms with Crippen molar-refractivity contribution >= 4 is 29.4 Å². The number of carbonyl (C=O) groups is 1. The zero-order valence-corrected chi connectivity index (χ0v) is 7.06. The molecular weight excluding hydrogens is 204 g/mol. The molecule has 0 amide bonds. The number of carbonyl (C=O) groups excluding carboxylic acids is 1. The van der Waals surface area contributed by atoms with E-state index in [1.807, 2.05) is 11.7 Å². The van der Waals surface area contributed by atoms with Gasteiger partial charge in [-0.1, -0.05) is 22.6 Å². The highest BCUT2D eigenvalue weighted by Crippen LogP contribution is 1.48. The van der Waals surface area contributed by atoms with Gasteiger partial charge in [0, 0.05) is 14.2 Å². The lowest BCUT2D eigenvalue weighted by molar-refractivity contribution is -0.0979. The second-order valence-corrected chi connectivity index (χ2v) is 0.408. The molecule has 0 aromatic carbocycles. The van der Waals surface area contributed by atoms with Crippen LogP contribution < -0.4 is 0 Å². The summed E-state index contributed by atoms with van der Waals surface area (Å²) in [7, 11) is 3.25. The van der Waals surface area contributed by atoms with Crippen LogP contribution in [0.1, 0.15) is 0 Å². The Bertz CT molecular complexity index is 13.7. The first-order valence-corrected chi connectivity index (χ1v) is 3.64. The number of hydrogen-bond donors (Lipinski definition) is 0. The highest BCUT2D eigenvalue weighted by molar-refractivity contribution is 14.1. The van der Waals surface area contributed by atoms with Crippen LogP contribution in [0.2, 0.25) is 0 Å². The summed E-state index contributed by atoms with van der Waals surface area (Å²) in [6, 6.07) is 0. The molecule has 0 N–H and O–H groups in total. The van der Waals surface area contributed by atoms with Gasteiger partial charge in [-0.3, -0.25) is 0 Å². The predicted octanol–water partition coefficient (Wildman–Crippen LogP) is 1.13. The first-order chi connectivity index (χ1) is 3.41. The number of rotatable bonds is 0. The Morgan fingerprint density at radius 3 is 1.29 bits per heavy atom. The van der Waals surface area contributed by atoms with Crippen molar-refractivity contribution in [3.05, 3.63) is 0 Å². The number of methoxy groups -OCH3 is 1. The van der Waals surface area contributed by atoms with Crippen molar-refractivity contribution in [1.29, 1.82) is 0 Å². The highest BCUT2D eigenvalue weighted by atomic mass is 127. The summed E-state index contributed by atoms with van der Waals surface area (Å²) in [5.74, 6) is 0. The Morgan fingerprint density at radius 1 is 1.29 bits per heavy atom. The fourth-order valence-corrected chi connectivity index (χ4v) is 0. The van der Waals surface area contributed by atoms with E-state index in [2.05, 4.69) is 27.3 Å². The van der Waals surface area contributed by atoms with Crippen molar-refractivity contribution in [1.82, 2.24) is 0 Å². The molecule has 0 fully saturated rings. The molecule has 0 aromatic rings. The third kappa shape index (κ3) is 933. The number of alkyl halides is 1. The van der Waals surface area contributed by atoms with Gasteiger partial charge in [0.15, 0.2) is 0 Å². The summed E-state index contributed by atoms with van der Waals surface area (Å²) in [4.78, 5) is 9.97. The van der Waals surface area contributed by atoms with E-state index in [0.29, 0.717) is 0 Å². The van der Waals surface area contributed by atoms with E-state index in [0.717, 1.165) is 0 Å². The monoisotopic (exact) mass is 215 g/mol. The largest absolute Gasteiger partial charge is 0.388 e. The Kier molecular flexibility index (Phi) is 221. The van der Waals surface area contributed by atoms with Crippen LogP contribution >= 0.6 is 22.6 Å². The predicted molar refractivity (Wildman–Crippen MR) is 40.0 cm³/mol. The highest BCUT2D eigenvalue weighted by Gasteiger charge is 1.25. The number of hydrogen-bond acceptors (Lipinski definition) is 2. The lowest BCUT2D eigenvalue weighted by atomic mass is 10.8. The number of halogens is 1. The third-order valence-corrected chi connectivity index (χ3v) is 0. The second-order valence-electron chi connectivity index (χ2n) is 0.408. The van der Waals surface area contributed by atoms with Gasteiger partial charge in [0.2, 0.25) is 0 Å². The molecule has 0 aliphatic carbocycles. The van der Waals surface area contributed by atoms with E-state index in [4.69, 9.17) is 4.79 Å². The molecule has 0 rings (SSSR count). The Morgan fingerprint density at radius 2 is 1.29 bits per heavy atom. The van der Waals surface area contributed by atoms with Gasteiger partial charge in [-0.15, -0.1) is 0 Å². The molecule has 0 saturated carbocycles. The first kappa shape index (κ1) is 15.7. The van der Waals surface area contributed by atoms with E-state index < -0.39 is 0 Å². The van der Waals surface area contributed by atoms with E-state index in [1.165, 1.54) is 0 Å². The van der Waals surface area contributed by atoms with E-state index in [9.17, 15) is 0 Å². The molecule has 0 bridgehead atoms. The molecule has 0 atom stereocenters. The fourth-order valence-electron chi connectivity index (χ4n) is 0. The number of ether oxygens (including phenoxy) is 1.